The van der Waals surface area contributed by atoms with Crippen LogP contribution in [0.15, 0.2) is 0 Å². The first-order valence-corrected chi connectivity index (χ1v) is 2.96. The molecule has 2 atom stereocenters. The Hall–Kier alpha value is -0.570. The van der Waals surface area contributed by atoms with Crippen LogP contribution >= 0.6 is 0 Å². The van der Waals surface area contributed by atoms with Crippen molar-refractivity contribution < 1.29 is 14.6 Å². The summed E-state index contributed by atoms with van der Waals surface area (Å²) >= 11 is 0. The van der Waals surface area contributed by atoms with Crippen molar-refractivity contribution in [1.82, 2.24) is 0 Å². The lowest BCUT2D eigenvalue weighted by Crippen LogP contribution is -2.22. The molecule has 0 aromatic carbocycles. The molecule has 0 aromatic rings. The van der Waals surface area contributed by atoms with E-state index >= 15 is 0 Å². The van der Waals surface area contributed by atoms with Crippen molar-refractivity contribution in [2.75, 3.05) is 0 Å². The molecule has 1 rings (SSSR count). The summed E-state index contributed by atoms with van der Waals surface area (Å²) < 4.78 is 4.58. The Bertz CT molecular complexity index is 139. The standard InChI is InChI=1S/C6H10O3/c1-4-3-6(2,8)9-5(4)7/h4,8H,3H2,1-2H3. The van der Waals surface area contributed by atoms with Gasteiger partial charge in [-0.25, -0.2) is 0 Å². The van der Waals surface area contributed by atoms with Gasteiger partial charge in [0.15, 0.2) is 0 Å². The Kier molecular flexibility index (Phi) is 1.24. The number of hydrogen-bond acceptors (Lipinski definition) is 3. The van der Waals surface area contributed by atoms with Crippen LogP contribution in [0, 0.1) is 5.92 Å². The molecule has 1 fully saturated rings. The number of hydrogen-bond donors (Lipinski definition) is 1. The van der Waals surface area contributed by atoms with Gasteiger partial charge in [-0.1, -0.05) is 6.92 Å². The van der Waals surface area contributed by atoms with Gasteiger partial charge in [0, 0.05) is 13.3 Å². The van der Waals surface area contributed by atoms with Gasteiger partial charge in [0.1, 0.15) is 0 Å². The number of rotatable bonds is 0. The molecule has 0 radical (unpaired) electrons. The predicted molar refractivity (Wildman–Crippen MR) is 30.5 cm³/mol. The third-order valence-corrected chi connectivity index (χ3v) is 1.41. The number of carbonyl (C=O) groups is 1. The molecule has 1 aliphatic rings. The molecule has 3 heteroatoms. The summed E-state index contributed by atoms with van der Waals surface area (Å²) in [6, 6.07) is 0. The molecular weight excluding hydrogens is 120 g/mol. The number of esters is 1. The lowest BCUT2D eigenvalue weighted by atomic mass is 10.1. The zero-order valence-electron chi connectivity index (χ0n) is 5.55. The molecular formula is C6H10O3. The Labute approximate surface area is 53.6 Å². The lowest BCUT2D eigenvalue weighted by molar-refractivity contribution is -0.181. The second-order valence-electron chi connectivity index (χ2n) is 2.70. The van der Waals surface area contributed by atoms with Crippen molar-refractivity contribution >= 4 is 5.97 Å². The maximum absolute atomic E-state index is 10.6. The van der Waals surface area contributed by atoms with Gasteiger partial charge in [-0.15, -0.1) is 0 Å². The van der Waals surface area contributed by atoms with E-state index in [1.807, 2.05) is 0 Å². The molecule has 9 heavy (non-hydrogen) atoms. The van der Waals surface area contributed by atoms with Gasteiger partial charge in [0.05, 0.1) is 5.92 Å². The van der Waals surface area contributed by atoms with E-state index in [4.69, 9.17) is 5.11 Å². The normalized spacial score (nSPS) is 43.0. The minimum atomic E-state index is -1.21. The zero-order chi connectivity index (χ0) is 7.07. The molecule has 3 nitrogen and oxygen atoms in total. The van der Waals surface area contributed by atoms with Crippen LogP contribution in [0.5, 0.6) is 0 Å². The molecule has 0 aliphatic carbocycles. The quantitative estimate of drug-likeness (QED) is 0.479. The summed E-state index contributed by atoms with van der Waals surface area (Å²) in [4.78, 5) is 10.6. The molecule has 0 amide bonds. The van der Waals surface area contributed by atoms with Crippen LogP contribution in [-0.4, -0.2) is 16.9 Å². The maximum Gasteiger partial charge on any atom is 0.311 e. The van der Waals surface area contributed by atoms with Crippen molar-refractivity contribution in [3.8, 4) is 0 Å². The van der Waals surface area contributed by atoms with Crippen molar-refractivity contribution in [2.45, 2.75) is 26.1 Å². The molecule has 1 heterocycles. The van der Waals surface area contributed by atoms with Crippen molar-refractivity contribution in [2.24, 2.45) is 5.92 Å². The van der Waals surface area contributed by atoms with Gasteiger partial charge in [-0.3, -0.25) is 4.79 Å². The van der Waals surface area contributed by atoms with E-state index < -0.39 is 5.79 Å². The van der Waals surface area contributed by atoms with E-state index in [0.717, 1.165) is 0 Å². The van der Waals surface area contributed by atoms with E-state index in [9.17, 15) is 4.79 Å². The first kappa shape index (κ1) is 6.55. The average molecular weight is 130 g/mol. The van der Waals surface area contributed by atoms with E-state index in [2.05, 4.69) is 4.74 Å². The van der Waals surface area contributed by atoms with Crippen LogP contribution < -0.4 is 0 Å². The van der Waals surface area contributed by atoms with Crippen LogP contribution in [0.3, 0.4) is 0 Å². The minimum Gasteiger partial charge on any atom is -0.433 e. The molecule has 0 saturated carbocycles. The topological polar surface area (TPSA) is 46.5 Å². The van der Waals surface area contributed by atoms with Crippen LogP contribution in [-0.2, 0) is 9.53 Å². The largest absolute Gasteiger partial charge is 0.433 e. The van der Waals surface area contributed by atoms with Gasteiger partial charge in [-0.05, 0) is 0 Å². The Balaban J connectivity index is 2.65. The Morgan fingerprint density at radius 3 is 2.56 bits per heavy atom. The highest BCUT2D eigenvalue weighted by atomic mass is 16.7. The third kappa shape index (κ3) is 1.21. The van der Waals surface area contributed by atoms with Crippen molar-refractivity contribution in [1.29, 1.82) is 0 Å². The summed E-state index contributed by atoms with van der Waals surface area (Å²) in [6.45, 7) is 3.23. The van der Waals surface area contributed by atoms with Crippen LogP contribution in [0.4, 0.5) is 0 Å². The molecule has 0 aromatic heterocycles. The minimum absolute atomic E-state index is 0.153. The van der Waals surface area contributed by atoms with E-state index in [-0.39, 0.29) is 11.9 Å². The lowest BCUT2D eigenvalue weighted by Gasteiger charge is -2.12. The summed E-state index contributed by atoms with van der Waals surface area (Å²) in [6.07, 6.45) is 0.409. The molecule has 52 valence electrons. The van der Waals surface area contributed by atoms with E-state index in [1.165, 1.54) is 6.92 Å². The summed E-state index contributed by atoms with van der Waals surface area (Å²) in [7, 11) is 0. The van der Waals surface area contributed by atoms with Gasteiger partial charge in [-0.2, -0.15) is 0 Å². The molecule has 0 spiro atoms. The van der Waals surface area contributed by atoms with E-state index in [0.29, 0.717) is 6.42 Å². The number of cyclic esters (lactones) is 1. The second-order valence-corrected chi connectivity index (χ2v) is 2.70. The van der Waals surface area contributed by atoms with Gasteiger partial charge in [0.25, 0.3) is 0 Å². The fraction of sp³-hybridized carbons (Fsp3) is 0.833. The molecule has 2 unspecified atom stereocenters. The summed E-state index contributed by atoms with van der Waals surface area (Å²) in [5, 5.41) is 9.09. The zero-order valence-corrected chi connectivity index (χ0v) is 5.55. The smallest absolute Gasteiger partial charge is 0.311 e. The summed E-state index contributed by atoms with van der Waals surface area (Å²) in [5.74, 6) is -1.67. The predicted octanol–water partition coefficient (Wildman–Crippen LogP) is 0.278. The van der Waals surface area contributed by atoms with Crippen LogP contribution in [0.25, 0.3) is 0 Å². The van der Waals surface area contributed by atoms with Gasteiger partial charge >= 0.3 is 5.97 Å². The third-order valence-electron chi connectivity index (χ3n) is 1.41. The van der Waals surface area contributed by atoms with Gasteiger partial charge < -0.3 is 9.84 Å². The Morgan fingerprint density at radius 1 is 1.89 bits per heavy atom. The Morgan fingerprint density at radius 2 is 2.44 bits per heavy atom. The van der Waals surface area contributed by atoms with E-state index in [1.54, 1.807) is 6.92 Å². The highest BCUT2D eigenvalue weighted by Gasteiger charge is 2.38. The average Bonchev–Trinajstić information content (AvgIpc) is 1.79. The van der Waals surface area contributed by atoms with Crippen LogP contribution in [0.1, 0.15) is 20.3 Å². The monoisotopic (exact) mass is 130 g/mol. The van der Waals surface area contributed by atoms with Crippen molar-refractivity contribution in [3.05, 3.63) is 0 Å². The highest BCUT2D eigenvalue weighted by Crippen LogP contribution is 2.27. The first-order valence-electron chi connectivity index (χ1n) is 2.96. The van der Waals surface area contributed by atoms with Crippen molar-refractivity contribution in [3.63, 3.8) is 0 Å². The van der Waals surface area contributed by atoms with Crippen LogP contribution in [0.2, 0.25) is 0 Å². The number of carbonyl (C=O) groups excluding carboxylic acids is 1. The number of ether oxygens (including phenoxy) is 1. The fourth-order valence-corrected chi connectivity index (χ4v) is 1.01. The molecule has 1 aliphatic heterocycles. The number of aliphatic hydroxyl groups is 1. The summed E-state index contributed by atoms with van der Waals surface area (Å²) in [5.41, 5.74) is 0. The SMILES string of the molecule is CC1CC(C)(O)OC1=O. The highest BCUT2D eigenvalue weighted by molar-refractivity contribution is 5.74. The molecule has 1 saturated heterocycles. The fourth-order valence-electron chi connectivity index (χ4n) is 1.01. The maximum atomic E-state index is 10.6. The molecule has 0 bridgehead atoms. The second kappa shape index (κ2) is 1.70. The first-order chi connectivity index (χ1) is 4.01. The molecule has 1 N–H and O–H groups in total. The van der Waals surface area contributed by atoms with Gasteiger partial charge in [0.2, 0.25) is 5.79 Å².